The first-order valence-electron chi connectivity index (χ1n) is 10.0. The van der Waals surface area contributed by atoms with Crippen LogP contribution < -0.4 is 0 Å². The smallest absolute Gasteiger partial charge is 0.259 e. The van der Waals surface area contributed by atoms with E-state index in [9.17, 15) is 4.79 Å². The number of nitrogens with zero attached hydrogens (tertiary/aromatic N) is 2. The summed E-state index contributed by atoms with van der Waals surface area (Å²) in [4.78, 5) is 15.4. The summed E-state index contributed by atoms with van der Waals surface area (Å²) in [6.07, 6.45) is 2.67. The summed E-state index contributed by atoms with van der Waals surface area (Å²) in [6.45, 7) is 5.25. The van der Waals surface area contributed by atoms with Crippen molar-refractivity contribution in [1.82, 2.24) is 10.1 Å². The molecule has 0 N–H and O–H groups in total. The minimum atomic E-state index is -0.201. The lowest BCUT2D eigenvalue weighted by molar-refractivity contribution is 0.0663. The molecule has 0 radical (unpaired) electrons. The maximum Gasteiger partial charge on any atom is 0.259 e. The fourth-order valence-electron chi connectivity index (χ4n) is 4.47. The van der Waals surface area contributed by atoms with Crippen LogP contribution in [-0.2, 0) is 11.8 Å². The molecule has 4 rings (SSSR count). The van der Waals surface area contributed by atoms with Crippen LogP contribution in [0.25, 0.3) is 0 Å². The van der Waals surface area contributed by atoms with E-state index >= 15 is 0 Å². The first-order chi connectivity index (χ1) is 13.7. The summed E-state index contributed by atoms with van der Waals surface area (Å²) in [6, 6.07) is 21.2. The van der Waals surface area contributed by atoms with Crippen molar-refractivity contribution in [3.05, 3.63) is 88.8 Å². The molecule has 3 aromatic rings. The summed E-state index contributed by atoms with van der Waals surface area (Å²) in [5.41, 5.74) is 3.71. The molecule has 1 amide bonds. The molecule has 0 atom stereocenters. The second-order valence-electron chi connectivity index (χ2n) is 7.56. The van der Waals surface area contributed by atoms with Crippen LogP contribution in [0.15, 0.2) is 65.2 Å². The van der Waals surface area contributed by atoms with Gasteiger partial charge in [0.1, 0.15) is 11.3 Å². The Labute approximate surface area is 166 Å². The first kappa shape index (κ1) is 18.5. The van der Waals surface area contributed by atoms with E-state index in [2.05, 4.69) is 53.7 Å². The molecule has 1 aliphatic rings. The highest BCUT2D eigenvalue weighted by molar-refractivity contribution is 5.96. The van der Waals surface area contributed by atoms with E-state index in [1.54, 1.807) is 0 Å². The monoisotopic (exact) mass is 374 g/mol. The molecule has 144 valence electrons. The van der Waals surface area contributed by atoms with Gasteiger partial charge in [0.2, 0.25) is 0 Å². The Morgan fingerprint density at radius 3 is 2.25 bits per heavy atom. The van der Waals surface area contributed by atoms with Gasteiger partial charge in [-0.3, -0.25) is 4.79 Å². The largest absolute Gasteiger partial charge is 0.361 e. The Morgan fingerprint density at radius 2 is 1.68 bits per heavy atom. The summed E-state index contributed by atoms with van der Waals surface area (Å²) in [5.74, 6) is 0.643. The van der Waals surface area contributed by atoms with Gasteiger partial charge in [-0.2, -0.15) is 0 Å². The molecule has 0 spiro atoms. The summed E-state index contributed by atoms with van der Waals surface area (Å²) < 4.78 is 5.32. The van der Waals surface area contributed by atoms with Crippen molar-refractivity contribution in [2.45, 2.75) is 38.5 Å². The molecule has 0 bridgehead atoms. The maximum atomic E-state index is 13.4. The number of likely N-dealkylation sites (tertiary alicyclic amines) is 1. The lowest BCUT2D eigenvalue weighted by Gasteiger charge is -2.44. The lowest BCUT2D eigenvalue weighted by Crippen LogP contribution is -2.49. The zero-order valence-corrected chi connectivity index (χ0v) is 16.5. The van der Waals surface area contributed by atoms with Gasteiger partial charge in [0.25, 0.3) is 5.91 Å². The minimum Gasteiger partial charge on any atom is -0.361 e. The summed E-state index contributed by atoms with van der Waals surface area (Å²) in [5, 5.41) is 4.08. The van der Waals surface area contributed by atoms with Gasteiger partial charge in [0.15, 0.2) is 0 Å². The van der Waals surface area contributed by atoms with E-state index in [4.69, 9.17) is 4.52 Å². The number of rotatable bonds is 4. The van der Waals surface area contributed by atoms with Gasteiger partial charge < -0.3 is 9.42 Å². The number of piperidine rings is 1. The summed E-state index contributed by atoms with van der Waals surface area (Å²) >= 11 is 0. The van der Waals surface area contributed by atoms with Gasteiger partial charge in [0, 0.05) is 18.5 Å². The third-order valence-corrected chi connectivity index (χ3v) is 5.91. The molecule has 4 heteroatoms. The fraction of sp³-hybridized carbons (Fsp3) is 0.333. The van der Waals surface area contributed by atoms with Crippen LogP contribution >= 0.6 is 0 Å². The topological polar surface area (TPSA) is 46.3 Å². The third kappa shape index (κ3) is 3.13. The fourth-order valence-corrected chi connectivity index (χ4v) is 4.47. The van der Waals surface area contributed by atoms with E-state index < -0.39 is 0 Å². The average molecular weight is 374 g/mol. The van der Waals surface area contributed by atoms with Gasteiger partial charge in [-0.15, -0.1) is 0 Å². The predicted octanol–water partition coefficient (Wildman–Crippen LogP) is 4.77. The normalized spacial score (nSPS) is 16.1. The van der Waals surface area contributed by atoms with Gasteiger partial charge in [-0.05, 0) is 37.3 Å². The van der Waals surface area contributed by atoms with Gasteiger partial charge in [-0.1, -0.05) is 72.7 Å². The van der Waals surface area contributed by atoms with E-state index in [1.807, 2.05) is 30.9 Å². The Bertz CT molecular complexity index is 908. The van der Waals surface area contributed by atoms with Crippen molar-refractivity contribution < 1.29 is 9.32 Å². The van der Waals surface area contributed by atoms with Crippen LogP contribution in [0.5, 0.6) is 0 Å². The number of carbonyl (C=O) groups excluding carboxylic acids is 1. The molecule has 28 heavy (non-hydrogen) atoms. The van der Waals surface area contributed by atoms with Crippen molar-refractivity contribution in [2.75, 3.05) is 13.1 Å². The number of aryl methyl sites for hydroxylation is 2. The summed E-state index contributed by atoms with van der Waals surface area (Å²) in [7, 11) is 0. The number of hydrogen-bond acceptors (Lipinski definition) is 3. The molecule has 0 aliphatic carbocycles. The molecule has 1 aromatic heterocycles. The van der Waals surface area contributed by atoms with Crippen LogP contribution in [-0.4, -0.2) is 29.1 Å². The highest BCUT2D eigenvalue weighted by atomic mass is 16.5. The molecule has 0 unspecified atom stereocenters. The predicted molar refractivity (Wildman–Crippen MR) is 109 cm³/mol. The zero-order chi connectivity index (χ0) is 19.6. The minimum absolute atomic E-state index is 0.0338. The van der Waals surface area contributed by atoms with E-state index in [-0.39, 0.29) is 11.3 Å². The van der Waals surface area contributed by atoms with Crippen molar-refractivity contribution in [2.24, 2.45) is 0 Å². The highest BCUT2D eigenvalue weighted by Crippen LogP contribution is 2.40. The molecule has 2 aromatic carbocycles. The lowest BCUT2D eigenvalue weighted by atomic mass is 9.69. The number of carbonyl (C=O) groups is 1. The van der Waals surface area contributed by atoms with Gasteiger partial charge in [0.05, 0.1) is 5.69 Å². The van der Waals surface area contributed by atoms with Crippen LogP contribution in [0, 0.1) is 6.92 Å². The molecule has 0 saturated carbocycles. The molecule has 1 fully saturated rings. The number of hydrogen-bond donors (Lipinski definition) is 0. The van der Waals surface area contributed by atoms with E-state index in [0.29, 0.717) is 24.3 Å². The van der Waals surface area contributed by atoms with Gasteiger partial charge in [-0.25, -0.2) is 0 Å². The molecular weight excluding hydrogens is 348 g/mol. The van der Waals surface area contributed by atoms with Crippen LogP contribution in [0.3, 0.4) is 0 Å². The average Bonchev–Trinajstić information content (AvgIpc) is 3.15. The second kappa shape index (κ2) is 7.63. The zero-order valence-electron chi connectivity index (χ0n) is 16.5. The molecule has 4 nitrogen and oxygen atoms in total. The third-order valence-electron chi connectivity index (χ3n) is 5.91. The van der Waals surface area contributed by atoms with Crippen LogP contribution in [0.2, 0.25) is 0 Å². The Kier molecular flexibility index (Phi) is 5.03. The Morgan fingerprint density at radius 1 is 1.07 bits per heavy atom. The maximum absolute atomic E-state index is 13.4. The van der Waals surface area contributed by atoms with E-state index in [1.165, 1.54) is 11.1 Å². The molecular formula is C24H26N2O2. The van der Waals surface area contributed by atoms with Gasteiger partial charge >= 0.3 is 0 Å². The van der Waals surface area contributed by atoms with Crippen molar-refractivity contribution in [3.63, 3.8) is 0 Å². The van der Waals surface area contributed by atoms with Crippen molar-refractivity contribution in [1.29, 1.82) is 0 Å². The molecule has 2 heterocycles. The Hall–Kier alpha value is -2.88. The standard InChI is InChI=1S/C24H26N2O2/c1-3-21-22(18(2)28-25-21)23(27)26-16-10-15-24(17-26,19-11-6-4-7-12-19)20-13-8-5-9-14-20/h4-9,11-14H,3,10,15-17H2,1-2H3. The first-order valence-corrected chi connectivity index (χ1v) is 10.0. The quantitative estimate of drug-likeness (QED) is 0.661. The second-order valence-corrected chi connectivity index (χ2v) is 7.56. The van der Waals surface area contributed by atoms with Crippen molar-refractivity contribution >= 4 is 5.91 Å². The number of aromatic nitrogens is 1. The number of amides is 1. The molecule has 1 aliphatic heterocycles. The Balaban J connectivity index is 1.75. The highest BCUT2D eigenvalue weighted by Gasteiger charge is 2.41. The molecule has 1 saturated heterocycles. The SMILES string of the molecule is CCc1noc(C)c1C(=O)N1CCCC(c2ccccc2)(c2ccccc2)C1. The van der Waals surface area contributed by atoms with Crippen LogP contribution in [0.1, 0.15) is 52.7 Å². The van der Waals surface area contributed by atoms with E-state index in [0.717, 1.165) is 25.1 Å². The van der Waals surface area contributed by atoms with Crippen molar-refractivity contribution in [3.8, 4) is 0 Å². The number of benzene rings is 2. The van der Waals surface area contributed by atoms with Crippen LogP contribution in [0.4, 0.5) is 0 Å².